The Balaban J connectivity index is 0.00000169. The highest BCUT2D eigenvalue weighted by molar-refractivity contribution is 5.85. The maximum Gasteiger partial charge on any atom is 0.228 e. The van der Waals surface area contributed by atoms with E-state index < -0.39 is 0 Å². The standard InChI is InChI=1S/C18H22FN3O2.2ClH/c1-12(20)14-3-2-8-22(10-14)17(23)9-16-11-24-18(21-16)13-4-6-15(19)7-5-13;;/h4-7,11-12,14H,2-3,8-10,20H2,1H3;2*1H. The third-order valence-electron chi connectivity index (χ3n) is 4.53. The largest absolute Gasteiger partial charge is 0.444 e. The molecule has 144 valence electrons. The van der Waals surface area contributed by atoms with Crippen LogP contribution in [0.1, 0.15) is 25.5 Å². The Bertz CT molecular complexity index is 707. The number of nitrogens with zero attached hydrogens (tertiary/aromatic N) is 2. The molecule has 0 radical (unpaired) electrons. The Morgan fingerprint density at radius 2 is 2.08 bits per heavy atom. The van der Waals surface area contributed by atoms with E-state index in [-0.39, 0.29) is 49.0 Å². The predicted molar refractivity (Wildman–Crippen MR) is 103 cm³/mol. The third kappa shape index (κ3) is 5.43. The number of oxazole rings is 1. The average molecular weight is 404 g/mol. The summed E-state index contributed by atoms with van der Waals surface area (Å²) < 4.78 is 18.4. The molecule has 1 aliphatic rings. The van der Waals surface area contributed by atoms with Gasteiger partial charge in [-0.05, 0) is 49.9 Å². The quantitative estimate of drug-likeness (QED) is 0.847. The SMILES string of the molecule is CC(N)C1CCCN(C(=O)Cc2coc(-c3ccc(F)cc3)n2)C1.Cl.Cl. The van der Waals surface area contributed by atoms with Gasteiger partial charge in [-0.25, -0.2) is 9.37 Å². The molecule has 0 saturated carbocycles. The van der Waals surface area contributed by atoms with Crippen LogP contribution in [0, 0.1) is 11.7 Å². The summed E-state index contributed by atoms with van der Waals surface area (Å²) in [6.45, 7) is 3.47. The highest BCUT2D eigenvalue weighted by Gasteiger charge is 2.26. The number of halogens is 3. The van der Waals surface area contributed by atoms with Gasteiger partial charge in [-0.3, -0.25) is 4.79 Å². The van der Waals surface area contributed by atoms with Crippen LogP contribution >= 0.6 is 24.8 Å². The maximum absolute atomic E-state index is 13.0. The number of carbonyl (C=O) groups excluding carboxylic acids is 1. The Morgan fingerprint density at radius 1 is 1.38 bits per heavy atom. The molecule has 1 saturated heterocycles. The van der Waals surface area contributed by atoms with Crippen molar-refractivity contribution in [2.45, 2.75) is 32.2 Å². The first kappa shape index (κ1) is 22.4. The lowest BCUT2D eigenvalue weighted by Gasteiger charge is -2.34. The predicted octanol–water partition coefficient (Wildman–Crippen LogP) is 3.45. The minimum Gasteiger partial charge on any atom is -0.444 e. The van der Waals surface area contributed by atoms with Gasteiger partial charge in [0.25, 0.3) is 0 Å². The van der Waals surface area contributed by atoms with Crippen molar-refractivity contribution in [3.63, 3.8) is 0 Å². The topological polar surface area (TPSA) is 72.4 Å². The van der Waals surface area contributed by atoms with Crippen LogP contribution in [-0.2, 0) is 11.2 Å². The number of piperidine rings is 1. The van der Waals surface area contributed by atoms with E-state index in [0.29, 0.717) is 29.6 Å². The number of hydrogen-bond donors (Lipinski definition) is 1. The minimum atomic E-state index is -0.311. The molecule has 5 nitrogen and oxygen atoms in total. The monoisotopic (exact) mass is 403 g/mol. The van der Waals surface area contributed by atoms with Gasteiger partial charge in [0.2, 0.25) is 11.8 Å². The smallest absolute Gasteiger partial charge is 0.228 e. The van der Waals surface area contributed by atoms with Crippen LogP contribution in [0.2, 0.25) is 0 Å². The number of aromatic nitrogens is 1. The fourth-order valence-corrected chi connectivity index (χ4v) is 3.05. The average Bonchev–Trinajstić information content (AvgIpc) is 3.04. The van der Waals surface area contributed by atoms with E-state index in [9.17, 15) is 9.18 Å². The van der Waals surface area contributed by atoms with Crippen LogP contribution in [0.15, 0.2) is 34.9 Å². The Morgan fingerprint density at radius 3 is 2.73 bits per heavy atom. The number of benzene rings is 1. The molecule has 1 fully saturated rings. The minimum absolute atomic E-state index is 0. The second-order valence-electron chi connectivity index (χ2n) is 6.43. The molecule has 8 heteroatoms. The van der Waals surface area contributed by atoms with Crippen molar-refractivity contribution in [2.75, 3.05) is 13.1 Å². The first-order valence-electron chi connectivity index (χ1n) is 8.26. The second-order valence-corrected chi connectivity index (χ2v) is 6.43. The van der Waals surface area contributed by atoms with Gasteiger partial charge < -0.3 is 15.1 Å². The molecule has 2 atom stereocenters. The van der Waals surface area contributed by atoms with E-state index >= 15 is 0 Å². The summed E-state index contributed by atoms with van der Waals surface area (Å²) in [5, 5.41) is 0. The van der Waals surface area contributed by atoms with Crippen LogP contribution in [-0.4, -0.2) is 34.9 Å². The zero-order chi connectivity index (χ0) is 17.1. The van der Waals surface area contributed by atoms with E-state index in [1.54, 1.807) is 12.1 Å². The van der Waals surface area contributed by atoms with Crippen LogP contribution in [0.5, 0.6) is 0 Å². The van der Waals surface area contributed by atoms with Crippen molar-refractivity contribution < 1.29 is 13.6 Å². The van der Waals surface area contributed by atoms with Crippen molar-refractivity contribution in [1.29, 1.82) is 0 Å². The summed E-state index contributed by atoms with van der Waals surface area (Å²) in [6, 6.07) is 6.01. The summed E-state index contributed by atoms with van der Waals surface area (Å²) in [6.07, 6.45) is 3.75. The van der Waals surface area contributed by atoms with E-state index in [1.807, 2.05) is 11.8 Å². The highest BCUT2D eigenvalue weighted by Crippen LogP contribution is 2.21. The van der Waals surface area contributed by atoms with Crippen LogP contribution < -0.4 is 5.73 Å². The number of amides is 1. The van der Waals surface area contributed by atoms with E-state index in [4.69, 9.17) is 10.2 Å². The summed E-state index contributed by atoms with van der Waals surface area (Å²) >= 11 is 0. The van der Waals surface area contributed by atoms with Gasteiger partial charge >= 0.3 is 0 Å². The van der Waals surface area contributed by atoms with Gasteiger partial charge in [-0.1, -0.05) is 0 Å². The van der Waals surface area contributed by atoms with Crippen molar-refractivity contribution >= 4 is 30.7 Å². The number of hydrogen-bond acceptors (Lipinski definition) is 4. The number of carbonyl (C=O) groups is 1. The Labute approximate surface area is 165 Å². The van der Waals surface area contributed by atoms with Gasteiger partial charge in [0.05, 0.1) is 12.1 Å². The van der Waals surface area contributed by atoms with E-state index in [1.165, 1.54) is 18.4 Å². The first-order chi connectivity index (χ1) is 11.5. The molecule has 0 aliphatic carbocycles. The summed E-state index contributed by atoms with van der Waals surface area (Å²) in [4.78, 5) is 18.7. The fourth-order valence-electron chi connectivity index (χ4n) is 3.05. The van der Waals surface area contributed by atoms with Crippen LogP contribution in [0.4, 0.5) is 4.39 Å². The Kier molecular flexibility index (Phi) is 8.53. The molecule has 1 aliphatic heterocycles. The van der Waals surface area contributed by atoms with Crippen LogP contribution in [0.3, 0.4) is 0 Å². The summed E-state index contributed by atoms with van der Waals surface area (Å²) in [5.41, 5.74) is 7.24. The lowest BCUT2D eigenvalue weighted by molar-refractivity contribution is -0.132. The summed E-state index contributed by atoms with van der Waals surface area (Å²) in [5.74, 6) is 0.480. The molecule has 2 N–H and O–H groups in total. The summed E-state index contributed by atoms with van der Waals surface area (Å²) in [7, 11) is 0. The normalized spacial score (nSPS) is 17.8. The van der Waals surface area contributed by atoms with Gasteiger partial charge in [0.1, 0.15) is 12.1 Å². The van der Waals surface area contributed by atoms with Crippen molar-refractivity contribution in [3.8, 4) is 11.5 Å². The van der Waals surface area contributed by atoms with Gasteiger partial charge in [0, 0.05) is 24.7 Å². The molecule has 2 unspecified atom stereocenters. The second kappa shape index (κ2) is 9.90. The highest BCUT2D eigenvalue weighted by atomic mass is 35.5. The van der Waals surface area contributed by atoms with Gasteiger partial charge in [-0.15, -0.1) is 24.8 Å². The molecule has 1 amide bonds. The van der Waals surface area contributed by atoms with Gasteiger partial charge in [0.15, 0.2) is 0 Å². The van der Waals surface area contributed by atoms with Crippen molar-refractivity contribution in [1.82, 2.24) is 9.88 Å². The number of rotatable bonds is 4. The number of likely N-dealkylation sites (tertiary alicyclic amines) is 1. The maximum atomic E-state index is 13.0. The number of nitrogens with two attached hydrogens (primary N) is 1. The van der Waals surface area contributed by atoms with E-state index in [2.05, 4.69) is 4.98 Å². The zero-order valence-corrected chi connectivity index (χ0v) is 16.2. The Hall–Kier alpha value is -1.63. The van der Waals surface area contributed by atoms with Crippen molar-refractivity contribution in [2.24, 2.45) is 11.7 Å². The molecule has 2 heterocycles. The zero-order valence-electron chi connectivity index (χ0n) is 14.6. The molecule has 1 aromatic carbocycles. The molecule has 26 heavy (non-hydrogen) atoms. The molecule has 0 spiro atoms. The molecule has 0 bridgehead atoms. The van der Waals surface area contributed by atoms with Gasteiger partial charge in [-0.2, -0.15) is 0 Å². The molecule has 3 rings (SSSR count). The molecular formula is C18H24Cl2FN3O2. The molecule has 1 aromatic heterocycles. The lowest BCUT2D eigenvalue weighted by atomic mass is 9.92. The van der Waals surface area contributed by atoms with Crippen molar-refractivity contribution in [3.05, 3.63) is 42.0 Å². The first-order valence-corrected chi connectivity index (χ1v) is 8.26. The fraction of sp³-hybridized carbons (Fsp3) is 0.444. The molecular weight excluding hydrogens is 380 g/mol. The van der Waals surface area contributed by atoms with Crippen LogP contribution in [0.25, 0.3) is 11.5 Å². The lowest BCUT2D eigenvalue weighted by Crippen LogP contribution is -2.45. The third-order valence-corrected chi connectivity index (χ3v) is 4.53. The van der Waals surface area contributed by atoms with E-state index in [0.717, 1.165) is 19.4 Å². The molecule has 2 aromatic rings.